The van der Waals surface area contributed by atoms with Crippen LogP contribution in [0.2, 0.25) is 0 Å². The molecule has 126 valence electrons. The average Bonchev–Trinajstić information content (AvgIpc) is 3.04. The van der Waals surface area contributed by atoms with Crippen LogP contribution in [-0.4, -0.2) is 14.1 Å². The van der Waals surface area contributed by atoms with Gasteiger partial charge in [0.2, 0.25) is 0 Å². The fourth-order valence-electron chi connectivity index (χ4n) is 2.04. The molecule has 2 aromatic carbocycles. The molecule has 25 heavy (non-hydrogen) atoms. The van der Waals surface area contributed by atoms with Crippen molar-refractivity contribution in [3.63, 3.8) is 0 Å². The Morgan fingerprint density at radius 2 is 1.24 bits per heavy atom. The molecular weight excluding hydrogens is 332 g/mol. The number of anilines is 1. The molecule has 0 radical (unpaired) electrons. The van der Waals surface area contributed by atoms with Crippen molar-refractivity contribution in [2.24, 2.45) is 27.5 Å². The van der Waals surface area contributed by atoms with E-state index in [1.807, 2.05) is 90.7 Å². The molecule has 7 heteroatoms. The monoisotopic (exact) mass is 351 g/mol. The molecule has 0 aliphatic carbocycles. The van der Waals surface area contributed by atoms with Crippen molar-refractivity contribution in [1.82, 2.24) is 0 Å². The minimum Gasteiger partial charge on any atom is -0.378 e. The zero-order chi connectivity index (χ0) is 17.6. The fourth-order valence-corrected chi connectivity index (χ4v) is 2.72. The lowest BCUT2D eigenvalue weighted by Crippen LogP contribution is -2.23. The van der Waals surface area contributed by atoms with Crippen LogP contribution < -0.4 is 9.47 Å². The maximum Gasteiger partial charge on any atom is 0.408 e. The quantitative estimate of drug-likeness (QED) is 0.444. The molecule has 0 fully saturated rings. The highest BCUT2D eigenvalue weighted by Crippen LogP contribution is 2.24. The average molecular weight is 351 g/mol. The number of benzene rings is 2. The van der Waals surface area contributed by atoms with Gasteiger partial charge in [0.15, 0.2) is 0 Å². The number of hydrogen-bond acceptors (Lipinski definition) is 6. The Morgan fingerprint density at radius 1 is 0.760 bits per heavy atom. The van der Waals surface area contributed by atoms with Gasteiger partial charge in [0.25, 0.3) is 0 Å². The van der Waals surface area contributed by atoms with Gasteiger partial charge in [0, 0.05) is 25.2 Å². The predicted molar refractivity (Wildman–Crippen MR) is 101 cm³/mol. The first-order valence-electron chi connectivity index (χ1n) is 7.76. The number of thiazole rings is 1. The third-order valence-electron chi connectivity index (χ3n) is 3.51. The van der Waals surface area contributed by atoms with Crippen molar-refractivity contribution < 1.29 is 4.57 Å². The maximum absolute atomic E-state index is 4.26. The lowest BCUT2D eigenvalue weighted by Gasteiger charge is -2.11. The summed E-state index contributed by atoms with van der Waals surface area (Å²) in [4.78, 5) is 2.05. The van der Waals surface area contributed by atoms with E-state index in [-0.39, 0.29) is 0 Å². The SMILES string of the molecule is CN(C)c1ccc(N=Nc2ccc(N=Nc3scc[n+]3C)cc2)cc1. The first-order valence-corrected chi connectivity index (χ1v) is 8.64. The molecule has 0 atom stereocenters. The lowest BCUT2D eigenvalue weighted by molar-refractivity contribution is -0.654. The first-order chi connectivity index (χ1) is 12.1. The number of rotatable bonds is 5. The predicted octanol–water partition coefficient (Wildman–Crippen LogP) is 5.47. The molecule has 6 nitrogen and oxygen atoms in total. The zero-order valence-electron chi connectivity index (χ0n) is 14.4. The molecule has 0 unspecified atom stereocenters. The second-order valence-corrected chi connectivity index (χ2v) is 6.50. The van der Waals surface area contributed by atoms with E-state index in [2.05, 4.69) is 20.5 Å². The minimum absolute atomic E-state index is 0.775. The molecule has 0 spiro atoms. The van der Waals surface area contributed by atoms with Gasteiger partial charge in [-0.25, -0.2) is 4.57 Å². The van der Waals surface area contributed by atoms with Gasteiger partial charge in [-0.15, -0.1) is 0 Å². The summed E-state index contributed by atoms with van der Waals surface area (Å²) in [6.45, 7) is 0. The Bertz CT molecular complexity index is 879. The van der Waals surface area contributed by atoms with Gasteiger partial charge < -0.3 is 4.90 Å². The lowest BCUT2D eigenvalue weighted by atomic mass is 10.3. The summed E-state index contributed by atoms with van der Waals surface area (Å²) in [6.07, 6.45) is 1.95. The molecule has 0 aliphatic heterocycles. The third kappa shape index (κ3) is 4.54. The highest BCUT2D eigenvalue weighted by molar-refractivity contribution is 7.12. The van der Waals surface area contributed by atoms with Crippen LogP contribution in [0.4, 0.5) is 27.9 Å². The topological polar surface area (TPSA) is 56.6 Å². The number of aromatic nitrogens is 1. The van der Waals surface area contributed by atoms with E-state index in [0.29, 0.717) is 0 Å². The number of nitrogens with zero attached hydrogens (tertiary/aromatic N) is 6. The van der Waals surface area contributed by atoms with E-state index in [1.165, 1.54) is 0 Å². The minimum atomic E-state index is 0.775. The van der Waals surface area contributed by atoms with Crippen LogP contribution in [0.3, 0.4) is 0 Å². The molecule has 3 rings (SSSR count). The standard InChI is InChI=1S/C18H19N6S/c1-23(2)17-10-8-16(9-11-17)20-19-14-4-6-15(7-5-14)21-22-18-24(3)12-13-25-18/h4-13H,1-3H3/q+1. The largest absolute Gasteiger partial charge is 0.408 e. The van der Waals surface area contributed by atoms with Crippen molar-refractivity contribution in [2.75, 3.05) is 19.0 Å². The Morgan fingerprint density at radius 3 is 1.68 bits per heavy atom. The number of hydrogen-bond donors (Lipinski definition) is 0. The molecule has 1 heterocycles. The second kappa shape index (κ2) is 7.76. The van der Waals surface area contributed by atoms with Gasteiger partial charge in [-0.1, -0.05) is 0 Å². The second-order valence-electron chi connectivity index (χ2n) is 5.62. The van der Waals surface area contributed by atoms with Crippen LogP contribution in [0.1, 0.15) is 0 Å². The van der Waals surface area contributed by atoms with Crippen LogP contribution >= 0.6 is 11.3 Å². The van der Waals surface area contributed by atoms with Crippen LogP contribution in [0, 0.1) is 0 Å². The van der Waals surface area contributed by atoms with Gasteiger partial charge in [-0.05, 0) is 65.0 Å². The molecular formula is C18H19N6S+. The molecule has 0 aliphatic rings. The Balaban J connectivity index is 1.66. The molecule has 0 N–H and O–H groups in total. The normalized spacial score (nSPS) is 11.5. The third-order valence-corrected chi connectivity index (χ3v) is 4.35. The zero-order valence-corrected chi connectivity index (χ0v) is 15.2. The summed E-state index contributed by atoms with van der Waals surface area (Å²) in [6, 6.07) is 15.4. The van der Waals surface area contributed by atoms with E-state index < -0.39 is 0 Å². The summed E-state index contributed by atoms with van der Waals surface area (Å²) < 4.78 is 1.93. The van der Waals surface area contributed by atoms with Crippen molar-refractivity contribution in [1.29, 1.82) is 0 Å². The number of aryl methyl sites for hydroxylation is 1. The maximum atomic E-state index is 4.26. The van der Waals surface area contributed by atoms with Gasteiger partial charge in [0.05, 0.1) is 23.5 Å². The van der Waals surface area contributed by atoms with Gasteiger partial charge in [-0.2, -0.15) is 10.2 Å². The van der Waals surface area contributed by atoms with E-state index in [1.54, 1.807) is 11.3 Å². The Kier molecular flexibility index (Phi) is 5.25. The van der Waals surface area contributed by atoms with Gasteiger partial charge in [-0.3, -0.25) is 0 Å². The summed E-state index contributed by atoms with van der Waals surface area (Å²) in [5.41, 5.74) is 3.51. The van der Waals surface area contributed by atoms with Crippen LogP contribution in [0.5, 0.6) is 0 Å². The highest BCUT2D eigenvalue weighted by Gasteiger charge is 2.06. The summed E-state index contributed by atoms with van der Waals surface area (Å²) in [5.74, 6) is 0. The molecule has 1 aromatic heterocycles. The van der Waals surface area contributed by atoms with E-state index >= 15 is 0 Å². The highest BCUT2D eigenvalue weighted by atomic mass is 32.1. The van der Waals surface area contributed by atoms with Crippen molar-refractivity contribution in [3.05, 3.63) is 60.1 Å². The van der Waals surface area contributed by atoms with Crippen molar-refractivity contribution >= 4 is 39.2 Å². The van der Waals surface area contributed by atoms with E-state index in [9.17, 15) is 0 Å². The summed E-state index contributed by atoms with van der Waals surface area (Å²) in [7, 11) is 5.96. The van der Waals surface area contributed by atoms with Crippen LogP contribution in [0.15, 0.2) is 80.6 Å². The molecule has 3 aromatic rings. The Labute approximate surface area is 150 Å². The van der Waals surface area contributed by atoms with Crippen molar-refractivity contribution in [3.8, 4) is 0 Å². The van der Waals surface area contributed by atoms with E-state index in [4.69, 9.17) is 0 Å². The van der Waals surface area contributed by atoms with Gasteiger partial charge >= 0.3 is 5.13 Å². The summed E-state index contributed by atoms with van der Waals surface area (Å²) >= 11 is 1.55. The number of azo groups is 2. The summed E-state index contributed by atoms with van der Waals surface area (Å²) in [5, 5.41) is 19.8. The fraction of sp³-hybridized carbons (Fsp3) is 0.167. The molecule has 0 amide bonds. The first kappa shape index (κ1) is 16.9. The van der Waals surface area contributed by atoms with Gasteiger partial charge in [0.1, 0.15) is 11.9 Å². The smallest absolute Gasteiger partial charge is 0.378 e. The van der Waals surface area contributed by atoms with Crippen LogP contribution in [0.25, 0.3) is 0 Å². The van der Waals surface area contributed by atoms with Crippen LogP contribution in [-0.2, 0) is 7.05 Å². The molecule has 0 bridgehead atoms. The van der Waals surface area contributed by atoms with E-state index in [0.717, 1.165) is 27.9 Å². The Hall–Kier alpha value is -2.93. The molecule has 0 saturated carbocycles. The van der Waals surface area contributed by atoms with Crippen molar-refractivity contribution in [2.45, 2.75) is 0 Å². The molecule has 0 saturated heterocycles.